The summed E-state index contributed by atoms with van der Waals surface area (Å²) in [6.45, 7) is 6.43. The number of aryl methyl sites for hydroxylation is 1. The van der Waals surface area contributed by atoms with Gasteiger partial charge in [0.25, 0.3) is 5.91 Å². The van der Waals surface area contributed by atoms with Crippen molar-refractivity contribution in [1.29, 1.82) is 0 Å². The fraction of sp³-hybridized carbons (Fsp3) is 0.250. The van der Waals surface area contributed by atoms with Crippen LogP contribution in [0, 0.1) is 6.92 Å². The van der Waals surface area contributed by atoms with E-state index in [0.717, 1.165) is 66.8 Å². The first-order valence-electron chi connectivity index (χ1n) is 11.8. The fourth-order valence-corrected chi connectivity index (χ4v) is 4.95. The average molecular weight is 485 g/mol. The van der Waals surface area contributed by atoms with Crippen LogP contribution in [0.1, 0.15) is 32.1 Å². The zero-order valence-corrected chi connectivity index (χ0v) is 20.6. The van der Waals surface area contributed by atoms with Crippen LogP contribution in [0.25, 0.3) is 11.3 Å². The Morgan fingerprint density at radius 3 is 2.71 bits per heavy atom. The first-order chi connectivity index (χ1) is 17.1. The van der Waals surface area contributed by atoms with E-state index in [0.29, 0.717) is 5.56 Å². The van der Waals surface area contributed by atoms with E-state index in [9.17, 15) is 4.79 Å². The van der Waals surface area contributed by atoms with E-state index >= 15 is 0 Å². The van der Waals surface area contributed by atoms with E-state index in [1.807, 2.05) is 60.8 Å². The van der Waals surface area contributed by atoms with E-state index < -0.39 is 0 Å². The smallest absolute Gasteiger partial charge is 0.255 e. The van der Waals surface area contributed by atoms with Crippen LogP contribution in [0.2, 0.25) is 0 Å². The molecule has 0 unspecified atom stereocenters. The molecule has 0 radical (unpaired) electrons. The summed E-state index contributed by atoms with van der Waals surface area (Å²) in [6.07, 6.45) is 4.31. The Morgan fingerprint density at radius 2 is 1.94 bits per heavy atom. The number of hydrogen-bond acceptors (Lipinski definition) is 6. The SMILES string of the molecule is Cc1ccc(NC(=O)c2ccc(CN3CCOCC3)cc2)cc1Cc1nc(-c2cccnc2)cs1. The number of nitrogens with one attached hydrogen (secondary N) is 1. The van der Waals surface area contributed by atoms with Gasteiger partial charge in [-0.3, -0.25) is 14.7 Å². The molecule has 0 saturated carbocycles. The van der Waals surface area contributed by atoms with E-state index in [1.54, 1.807) is 17.5 Å². The minimum atomic E-state index is -0.106. The molecule has 0 bridgehead atoms. The Bertz CT molecular complexity index is 1280. The number of thiazole rings is 1. The van der Waals surface area contributed by atoms with Crippen LogP contribution in [-0.4, -0.2) is 47.1 Å². The maximum absolute atomic E-state index is 12.9. The Balaban J connectivity index is 1.23. The number of pyridine rings is 1. The molecule has 1 N–H and O–H groups in total. The number of ether oxygens (including phenoxy) is 1. The number of carbonyl (C=O) groups is 1. The van der Waals surface area contributed by atoms with Crippen molar-refractivity contribution in [3.8, 4) is 11.3 Å². The van der Waals surface area contributed by atoms with Crippen LogP contribution in [0.15, 0.2) is 72.4 Å². The van der Waals surface area contributed by atoms with Crippen molar-refractivity contribution in [1.82, 2.24) is 14.9 Å². The van der Waals surface area contributed by atoms with E-state index in [4.69, 9.17) is 9.72 Å². The lowest BCUT2D eigenvalue weighted by molar-refractivity contribution is 0.0342. The third kappa shape index (κ3) is 6.00. The Morgan fingerprint density at radius 1 is 1.11 bits per heavy atom. The Labute approximate surface area is 209 Å². The van der Waals surface area contributed by atoms with Gasteiger partial charge in [0.15, 0.2) is 0 Å². The maximum Gasteiger partial charge on any atom is 0.255 e. The third-order valence-electron chi connectivity index (χ3n) is 6.18. The quantitative estimate of drug-likeness (QED) is 0.391. The second kappa shape index (κ2) is 10.9. The van der Waals surface area contributed by atoms with E-state index in [2.05, 4.69) is 27.5 Å². The Kier molecular flexibility index (Phi) is 7.28. The number of aromatic nitrogens is 2. The third-order valence-corrected chi connectivity index (χ3v) is 7.03. The van der Waals surface area contributed by atoms with Crippen molar-refractivity contribution in [2.75, 3.05) is 31.6 Å². The van der Waals surface area contributed by atoms with Gasteiger partial charge in [0.05, 0.1) is 23.9 Å². The second-order valence-electron chi connectivity index (χ2n) is 8.73. The zero-order valence-electron chi connectivity index (χ0n) is 19.7. The van der Waals surface area contributed by atoms with E-state index in [1.165, 1.54) is 11.1 Å². The number of nitrogens with zero attached hydrogens (tertiary/aromatic N) is 3. The standard InChI is InChI=1S/C28H28N4O2S/c1-20-4-9-25(15-24(20)16-27-31-26(19-35-27)23-3-2-10-29-17-23)30-28(33)22-7-5-21(6-8-22)18-32-11-13-34-14-12-32/h2-10,15,17,19H,11-14,16,18H2,1H3,(H,30,33). The summed E-state index contributed by atoms with van der Waals surface area (Å²) in [5.41, 5.74) is 6.93. The molecule has 0 atom stereocenters. The molecule has 0 aliphatic carbocycles. The minimum Gasteiger partial charge on any atom is -0.379 e. The molecular weight excluding hydrogens is 456 g/mol. The zero-order chi connectivity index (χ0) is 24.0. The predicted octanol–water partition coefficient (Wildman–Crippen LogP) is 5.19. The number of benzene rings is 2. The number of rotatable bonds is 7. The molecule has 2 aromatic heterocycles. The van der Waals surface area contributed by atoms with Crippen LogP contribution in [-0.2, 0) is 17.7 Å². The summed E-state index contributed by atoms with van der Waals surface area (Å²) < 4.78 is 5.41. The van der Waals surface area contributed by atoms with Crippen LogP contribution in [0.4, 0.5) is 5.69 Å². The largest absolute Gasteiger partial charge is 0.379 e. The summed E-state index contributed by atoms with van der Waals surface area (Å²) in [4.78, 5) is 24.2. The number of hydrogen-bond donors (Lipinski definition) is 1. The Hall–Kier alpha value is -3.39. The second-order valence-corrected chi connectivity index (χ2v) is 9.67. The molecule has 5 rings (SSSR count). The highest BCUT2D eigenvalue weighted by molar-refractivity contribution is 7.10. The molecule has 35 heavy (non-hydrogen) atoms. The molecule has 4 aromatic rings. The molecule has 1 saturated heterocycles. The van der Waals surface area contributed by atoms with Crippen LogP contribution >= 0.6 is 11.3 Å². The van der Waals surface area contributed by atoms with Gasteiger partial charge in [-0.25, -0.2) is 4.98 Å². The van der Waals surface area contributed by atoms with Crippen molar-refractivity contribution in [3.63, 3.8) is 0 Å². The lowest BCUT2D eigenvalue weighted by Crippen LogP contribution is -2.35. The highest BCUT2D eigenvalue weighted by atomic mass is 32.1. The van der Waals surface area contributed by atoms with Gasteiger partial charge in [0.1, 0.15) is 0 Å². The van der Waals surface area contributed by atoms with Gasteiger partial charge in [-0.15, -0.1) is 11.3 Å². The molecule has 7 heteroatoms. The topological polar surface area (TPSA) is 67.4 Å². The first-order valence-corrected chi connectivity index (χ1v) is 12.7. The maximum atomic E-state index is 12.9. The van der Waals surface area contributed by atoms with Gasteiger partial charge in [-0.05, 0) is 60.0 Å². The van der Waals surface area contributed by atoms with Gasteiger partial charge in [-0.1, -0.05) is 18.2 Å². The van der Waals surface area contributed by atoms with Gasteiger partial charge >= 0.3 is 0 Å². The van der Waals surface area contributed by atoms with Crippen molar-refractivity contribution in [2.24, 2.45) is 0 Å². The average Bonchev–Trinajstić information content (AvgIpc) is 3.36. The predicted molar refractivity (Wildman–Crippen MR) is 140 cm³/mol. The molecule has 178 valence electrons. The number of carbonyl (C=O) groups excluding carboxylic acids is 1. The summed E-state index contributed by atoms with van der Waals surface area (Å²) >= 11 is 1.64. The lowest BCUT2D eigenvalue weighted by atomic mass is 10.0. The summed E-state index contributed by atoms with van der Waals surface area (Å²) in [7, 11) is 0. The molecule has 3 heterocycles. The van der Waals surface area contributed by atoms with Gasteiger partial charge in [0.2, 0.25) is 0 Å². The molecule has 1 fully saturated rings. The summed E-state index contributed by atoms with van der Waals surface area (Å²) in [5.74, 6) is -0.106. The number of amides is 1. The molecule has 1 aliphatic rings. The van der Waals surface area contributed by atoms with Gasteiger partial charge in [0, 0.05) is 60.6 Å². The van der Waals surface area contributed by atoms with Crippen LogP contribution in [0.5, 0.6) is 0 Å². The molecule has 1 aliphatic heterocycles. The van der Waals surface area contributed by atoms with Crippen molar-refractivity contribution in [3.05, 3.63) is 99.6 Å². The first kappa shape index (κ1) is 23.4. The van der Waals surface area contributed by atoms with Crippen molar-refractivity contribution >= 4 is 22.9 Å². The number of anilines is 1. The minimum absolute atomic E-state index is 0.106. The molecule has 1 amide bonds. The molecule has 6 nitrogen and oxygen atoms in total. The lowest BCUT2D eigenvalue weighted by Gasteiger charge is -2.26. The summed E-state index contributed by atoms with van der Waals surface area (Å²) in [6, 6.07) is 17.8. The molecule has 2 aromatic carbocycles. The van der Waals surface area contributed by atoms with Crippen molar-refractivity contribution < 1.29 is 9.53 Å². The van der Waals surface area contributed by atoms with Crippen molar-refractivity contribution in [2.45, 2.75) is 19.9 Å². The van der Waals surface area contributed by atoms with Crippen LogP contribution < -0.4 is 5.32 Å². The van der Waals surface area contributed by atoms with Gasteiger partial charge in [-0.2, -0.15) is 0 Å². The highest BCUT2D eigenvalue weighted by Crippen LogP contribution is 2.25. The molecular formula is C28H28N4O2S. The normalized spacial score (nSPS) is 14.1. The van der Waals surface area contributed by atoms with Crippen LogP contribution in [0.3, 0.4) is 0 Å². The molecule has 0 spiro atoms. The van der Waals surface area contributed by atoms with E-state index in [-0.39, 0.29) is 5.91 Å². The summed E-state index contributed by atoms with van der Waals surface area (Å²) in [5, 5.41) is 6.15. The van der Waals surface area contributed by atoms with Gasteiger partial charge < -0.3 is 10.1 Å². The fourth-order valence-electron chi connectivity index (χ4n) is 4.12. The number of morpholine rings is 1. The highest BCUT2D eigenvalue weighted by Gasteiger charge is 2.13. The monoisotopic (exact) mass is 484 g/mol.